The molecule has 1 saturated heterocycles. The maximum absolute atomic E-state index is 11.8. The van der Waals surface area contributed by atoms with Gasteiger partial charge in [0, 0.05) is 13.1 Å². The Hall–Kier alpha value is -1.39. The van der Waals surface area contributed by atoms with Gasteiger partial charge in [-0.2, -0.15) is 0 Å². The number of carbonyl (C=O) groups is 1. The molecule has 0 spiro atoms. The summed E-state index contributed by atoms with van der Waals surface area (Å²) in [5.74, 6) is 0.223. The Kier molecular flexibility index (Phi) is 4.12. The van der Waals surface area contributed by atoms with Crippen molar-refractivity contribution >= 4 is 5.91 Å². The van der Waals surface area contributed by atoms with E-state index in [-0.39, 0.29) is 18.4 Å². The molecule has 1 aliphatic heterocycles. The second-order valence-corrected chi connectivity index (χ2v) is 4.39. The topological polar surface area (TPSA) is 61.4 Å². The van der Waals surface area contributed by atoms with Crippen molar-refractivity contribution in [2.75, 3.05) is 13.1 Å². The van der Waals surface area contributed by atoms with Crippen molar-refractivity contribution < 1.29 is 9.90 Å². The van der Waals surface area contributed by atoms with Gasteiger partial charge in [-0.25, -0.2) is 0 Å². The molecule has 4 heteroatoms. The van der Waals surface area contributed by atoms with Gasteiger partial charge in [0.05, 0.1) is 12.5 Å². The third-order valence-corrected chi connectivity index (χ3v) is 3.07. The molecular weight excluding hydrogens is 216 g/mol. The van der Waals surface area contributed by atoms with Crippen LogP contribution in [0.3, 0.4) is 0 Å². The Labute approximate surface area is 101 Å². The molecule has 1 unspecified atom stereocenters. The molecule has 4 nitrogen and oxygen atoms in total. The molecular formula is C13H18N2O2. The van der Waals surface area contributed by atoms with Gasteiger partial charge < -0.3 is 15.7 Å². The molecule has 92 valence electrons. The van der Waals surface area contributed by atoms with Crippen molar-refractivity contribution in [2.45, 2.75) is 19.6 Å². The number of amides is 1. The predicted molar refractivity (Wildman–Crippen MR) is 65.2 cm³/mol. The monoisotopic (exact) mass is 234 g/mol. The summed E-state index contributed by atoms with van der Waals surface area (Å²) in [6.45, 7) is 2.28. The molecule has 0 radical (unpaired) electrons. The molecule has 0 aromatic heterocycles. The molecule has 1 fully saturated rings. The highest BCUT2D eigenvalue weighted by Gasteiger charge is 2.21. The number of benzene rings is 1. The Balaban J connectivity index is 1.86. The number of hydrogen-bond donors (Lipinski definition) is 3. The first-order valence-corrected chi connectivity index (χ1v) is 5.96. The maximum atomic E-state index is 11.8. The number of nitrogens with one attached hydrogen (secondary N) is 2. The van der Waals surface area contributed by atoms with Gasteiger partial charge in [0.25, 0.3) is 0 Å². The highest BCUT2D eigenvalue weighted by atomic mass is 16.3. The van der Waals surface area contributed by atoms with Gasteiger partial charge in [-0.05, 0) is 24.1 Å². The van der Waals surface area contributed by atoms with Crippen LogP contribution < -0.4 is 10.6 Å². The zero-order valence-corrected chi connectivity index (χ0v) is 9.78. The fourth-order valence-corrected chi connectivity index (χ4v) is 2.05. The smallest absolute Gasteiger partial charge is 0.224 e. The van der Waals surface area contributed by atoms with E-state index in [1.807, 2.05) is 24.3 Å². The normalized spacial score (nSPS) is 19.2. The number of hydrogen-bond acceptors (Lipinski definition) is 3. The van der Waals surface area contributed by atoms with Crippen molar-refractivity contribution in [2.24, 2.45) is 5.92 Å². The third kappa shape index (κ3) is 3.28. The fraction of sp³-hybridized carbons (Fsp3) is 0.462. The SMILES string of the molecule is O=C(NCc1cccc(CO)c1)C1CCNC1. The van der Waals surface area contributed by atoms with Crippen molar-refractivity contribution in [1.29, 1.82) is 0 Å². The molecule has 0 saturated carbocycles. The summed E-state index contributed by atoms with van der Waals surface area (Å²) in [6, 6.07) is 7.62. The second-order valence-electron chi connectivity index (χ2n) is 4.39. The summed E-state index contributed by atoms with van der Waals surface area (Å²) in [5.41, 5.74) is 1.90. The van der Waals surface area contributed by atoms with E-state index in [9.17, 15) is 4.79 Å². The Morgan fingerprint density at radius 1 is 1.47 bits per heavy atom. The Morgan fingerprint density at radius 2 is 2.29 bits per heavy atom. The van der Waals surface area contributed by atoms with Gasteiger partial charge in [0.1, 0.15) is 0 Å². The molecule has 0 aliphatic carbocycles. The lowest BCUT2D eigenvalue weighted by atomic mass is 10.1. The Bertz CT molecular complexity index is 387. The molecule has 1 heterocycles. The zero-order valence-electron chi connectivity index (χ0n) is 9.78. The van der Waals surface area contributed by atoms with Gasteiger partial charge in [0.2, 0.25) is 5.91 Å². The molecule has 1 atom stereocenters. The van der Waals surface area contributed by atoms with E-state index in [1.54, 1.807) is 0 Å². The van der Waals surface area contributed by atoms with E-state index in [1.165, 1.54) is 0 Å². The lowest BCUT2D eigenvalue weighted by Gasteiger charge is -2.10. The molecule has 2 rings (SSSR count). The number of rotatable bonds is 4. The molecule has 1 aliphatic rings. The van der Waals surface area contributed by atoms with Crippen molar-refractivity contribution in [3.63, 3.8) is 0 Å². The minimum absolute atomic E-state index is 0.0360. The summed E-state index contributed by atoms with van der Waals surface area (Å²) in [4.78, 5) is 11.8. The van der Waals surface area contributed by atoms with E-state index >= 15 is 0 Å². The van der Waals surface area contributed by atoms with E-state index in [0.717, 1.165) is 30.6 Å². The largest absolute Gasteiger partial charge is 0.392 e. The quantitative estimate of drug-likeness (QED) is 0.707. The number of aliphatic hydroxyl groups excluding tert-OH is 1. The average Bonchev–Trinajstić information content (AvgIpc) is 2.90. The van der Waals surface area contributed by atoms with Crippen LogP contribution in [-0.2, 0) is 17.9 Å². The van der Waals surface area contributed by atoms with Gasteiger partial charge >= 0.3 is 0 Å². The van der Waals surface area contributed by atoms with Crippen LogP contribution in [-0.4, -0.2) is 24.1 Å². The average molecular weight is 234 g/mol. The standard InChI is InChI=1S/C13H18N2O2/c16-9-11-3-1-2-10(6-11)7-15-13(17)12-4-5-14-8-12/h1-3,6,12,14,16H,4-5,7-9H2,(H,15,17). The van der Waals surface area contributed by atoms with Crippen molar-refractivity contribution in [1.82, 2.24) is 10.6 Å². The van der Waals surface area contributed by atoms with Crippen LogP contribution in [0.4, 0.5) is 0 Å². The Morgan fingerprint density at radius 3 is 3.00 bits per heavy atom. The second kappa shape index (κ2) is 5.80. The van der Waals surface area contributed by atoms with Crippen molar-refractivity contribution in [3.05, 3.63) is 35.4 Å². The highest BCUT2D eigenvalue weighted by Crippen LogP contribution is 2.09. The van der Waals surface area contributed by atoms with Crippen LogP contribution in [0.25, 0.3) is 0 Å². The van der Waals surface area contributed by atoms with Crippen LogP contribution >= 0.6 is 0 Å². The van der Waals surface area contributed by atoms with E-state index < -0.39 is 0 Å². The van der Waals surface area contributed by atoms with Gasteiger partial charge in [-0.3, -0.25) is 4.79 Å². The minimum atomic E-state index is 0.0360. The number of aliphatic hydroxyl groups is 1. The summed E-state index contributed by atoms with van der Waals surface area (Å²) >= 11 is 0. The molecule has 1 amide bonds. The fourth-order valence-electron chi connectivity index (χ4n) is 2.05. The van der Waals surface area contributed by atoms with Crippen molar-refractivity contribution in [3.8, 4) is 0 Å². The maximum Gasteiger partial charge on any atom is 0.224 e. The number of carbonyl (C=O) groups excluding carboxylic acids is 1. The van der Waals surface area contributed by atoms with Gasteiger partial charge in [0.15, 0.2) is 0 Å². The first-order chi connectivity index (χ1) is 8.29. The van der Waals surface area contributed by atoms with E-state index in [2.05, 4.69) is 10.6 Å². The van der Waals surface area contributed by atoms with Crippen LogP contribution in [0.15, 0.2) is 24.3 Å². The molecule has 0 bridgehead atoms. The van der Waals surface area contributed by atoms with E-state index in [4.69, 9.17) is 5.11 Å². The molecule has 1 aromatic carbocycles. The zero-order chi connectivity index (χ0) is 12.1. The molecule has 17 heavy (non-hydrogen) atoms. The summed E-state index contributed by atoms with van der Waals surface area (Å²) in [5, 5.41) is 15.1. The minimum Gasteiger partial charge on any atom is -0.392 e. The van der Waals surface area contributed by atoms with Gasteiger partial charge in [-0.1, -0.05) is 24.3 Å². The summed E-state index contributed by atoms with van der Waals surface area (Å²) in [6.07, 6.45) is 0.919. The van der Waals surface area contributed by atoms with Crippen LogP contribution in [0.2, 0.25) is 0 Å². The van der Waals surface area contributed by atoms with Gasteiger partial charge in [-0.15, -0.1) is 0 Å². The van der Waals surface area contributed by atoms with Crippen LogP contribution in [0.5, 0.6) is 0 Å². The third-order valence-electron chi connectivity index (χ3n) is 3.07. The lowest BCUT2D eigenvalue weighted by molar-refractivity contribution is -0.124. The van der Waals surface area contributed by atoms with E-state index in [0.29, 0.717) is 6.54 Å². The lowest BCUT2D eigenvalue weighted by Crippen LogP contribution is -2.31. The first-order valence-electron chi connectivity index (χ1n) is 5.96. The summed E-state index contributed by atoms with van der Waals surface area (Å²) in [7, 11) is 0. The van der Waals surface area contributed by atoms with Crippen LogP contribution in [0.1, 0.15) is 17.5 Å². The molecule has 1 aromatic rings. The predicted octanol–water partition coefficient (Wildman–Crippen LogP) is 0.405. The first kappa shape index (κ1) is 12.1. The highest BCUT2D eigenvalue weighted by molar-refractivity contribution is 5.79. The molecule has 3 N–H and O–H groups in total. The summed E-state index contributed by atoms with van der Waals surface area (Å²) < 4.78 is 0. The van der Waals surface area contributed by atoms with Crippen LogP contribution in [0, 0.1) is 5.92 Å².